The van der Waals surface area contributed by atoms with Gasteiger partial charge in [-0.3, -0.25) is 4.79 Å². The molecule has 0 atom stereocenters. The standard InChI is InChI=1S/C23H25N3O4/c1-4-24-23(29)21-20(15-5-6-16-12-26(3)8-7-14(16)10-15)22(30-25-21)17-9-13(2)18(27)11-19(17)28/h5-6,9-11,27-28H,4,7-8,12H2,1-3H3,(H,24,29). The Bertz CT molecular complexity index is 1120. The van der Waals surface area contributed by atoms with Gasteiger partial charge in [0.15, 0.2) is 11.5 Å². The van der Waals surface area contributed by atoms with Crippen LogP contribution in [0.4, 0.5) is 0 Å². The van der Waals surface area contributed by atoms with Gasteiger partial charge in [-0.2, -0.15) is 0 Å². The number of carbonyl (C=O) groups excluding carboxylic acids is 1. The van der Waals surface area contributed by atoms with Gasteiger partial charge in [-0.05, 0) is 55.6 Å². The van der Waals surface area contributed by atoms with Crippen LogP contribution < -0.4 is 5.32 Å². The average molecular weight is 407 g/mol. The molecule has 156 valence electrons. The van der Waals surface area contributed by atoms with Crippen molar-refractivity contribution >= 4 is 5.91 Å². The summed E-state index contributed by atoms with van der Waals surface area (Å²) < 4.78 is 5.58. The monoisotopic (exact) mass is 407 g/mol. The summed E-state index contributed by atoms with van der Waals surface area (Å²) in [5.41, 5.74) is 4.95. The van der Waals surface area contributed by atoms with Gasteiger partial charge in [-0.1, -0.05) is 23.4 Å². The van der Waals surface area contributed by atoms with E-state index in [1.807, 2.05) is 13.0 Å². The number of benzene rings is 2. The number of aryl methyl sites for hydroxylation is 1. The predicted octanol–water partition coefficient (Wildman–Crippen LogP) is 3.47. The summed E-state index contributed by atoms with van der Waals surface area (Å²) in [7, 11) is 2.10. The number of nitrogens with zero attached hydrogens (tertiary/aromatic N) is 2. The molecule has 0 aliphatic carbocycles. The number of phenols is 2. The molecule has 4 rings (SSSR count). The first-order valence-electron chi connectivity index (χ1n) is 10.0. The molecular formula is C23H25N3O4. The summed E-state index contributed by atoms with van der Waals surface area (Å²) in [6.07, 6.45) is 0.917. The Morgan fingerprint density at radius 1 is 1.20 bits per heavy atom. The molecule has 2 heterocycles. The summed E-state index contributed by atoms with van der Waals surface area (Å²) in [6, 6.07) is 9.00. The van der Waals surface area contributed by atoms with E-state index in [1.54, 1.807) is 13.0 Å². The number of hydrogen-bond donors (Lipinski definition) is 3. The normalized spacial score (nSPS) is 13.8. The Labute approximate surface area is 174 Å². The highest BCUT2D eigenvalue weighted by Crippen LogP contribution is 2.42. The quantitative estimate of drug-likeness (QED) is 0.613. The van der Waals surface area contributed by atoms with E-state index in [1.165, 1.54) is 17.2 Å². The number of aromatic nitrogens is 1. The van der Waals surface area contributed by atoms with Gasteiger partial charge in [0.25, 0.3) is 5.91 Å². The van der Waals surface area contributed by atoms with E-state index in [0.29, 0.717) is 29.0 Å². The molecule has 1 aliphatic heterocycles. The molecule has 0 bridgehead atoms. The molecule has 3 N–H and O–H groups in total. The molecule has 7 nitrogen and oxygen atoms in total. The van der Waals surface area contributed by atoms with Gasteiger partial charge in [0.1, 0.15) is 11.5 Å². The van der Waals surface area contributed by atoms with E-state index < -0.39 is 0 Å². The lowest BCUT2D eigenvalue weighted by Gasteiger charge is -2.25. The Morgan fingerprint density at radius 2 is 2.00 bits per heavy atom. The SMILES string of the molecule is CCNC(=O)c1noc(-c2cc(C)c(O)cc2O)c1-c1ccc2c(c1)CCN(C)C2. The third-order valence-electron chi connectivity index (χ3n) is 5.50. The molecule has 0 unspecified atom stereocenters. The number of fused-ring (bicyclic) bond motifs is 1. The zero-order valence-corrected chi connectivity index (χ0v) is 17.3. The van der Waals surface area contributed by atoms with Crippen molar-refractivity contribution in [2.45, 2.75) is 26.8 Å². The van der Waals surface area contributed by atoms with Crippen molar-refractivity contribution in [1.82, 2.24) is 15.4 Å². The number of hydrogen-bond acceptors (Lipinski definition) is 6. The van der Waals surface area contributed by atoms with E-state index >= 15 is 0 Å². The highest BCUT2D eigenvalue weighted by Gasteiger charge is 2.27. The maximum atomic E-state index is 12.7. The summed E-state index contributed by atoms with van der Waals surface area (Å²) in [4.78, 5) is 14.9. The van der Waals surface area contributed by atoms with Gasteiger partial charge in [0.05, 0.1) is 11.1 Å². The van der Waals surface area contributed by atoms with Crippen LogP contribution in [0.1, 0.15) is 34.1 Å². The first-order valence-corrected chi connectivity index (χ1v) is 10.0. The number of aromatic hydroxyl groups is 2. The Morgan fingerprint density at radius 3 is 2.77 bits per heavy atom. The van der Waals surface area contributed by atoms with Crippen LogP contribution in [-0.2, 0) is 13.0 Å². The largest absolute Gasteiger partial charge is 0.508 e. The van der Waals surface area contributed by atoms with Crippen LogP contribution in [0.25, 0.3) is 22.5 Å². The fourth-order valence-electron chi connectivity index (χ4n) is 3.86. The second kappa shape index (κ2) is 7.84. The summed E-state index contributed by atoms with van der Waals surface area (Å²) >= 11 is 0. The fraction of sp³-hybridized carbons (Fsp3) is 0.304. The van der Waals surface area contributed by atoms with Gasteiger partial charge in [-0.25, -0.2) is 0 Å². The van der Waals surface area contributed by atoms with Gasteiger partial charge >= 0.3 is 0 Å². The third kappa shape index (κ3) is 3.52. The molecule has 0 radical (unpaired) electrons. The maximum absolute atomic E-state index is 12.7. The van der Waals surface area contributed by atoms with Gasteiger partial charge < -0.3 is 25.0 Å². The van der Waals surface area contributed by atoms with Crippen molar-refractivity contribution in [2.24, 2.45) is 0 Å². The molecule has 0 spiro atoms. The van der Waals surface area contributed by atoms with Crippen molar-refractivity contribution in [2.75, 3.05) is 20.1 Å². The minimum absolute atomic E-state index is 0.0147. The second-order valence-electron chi connectivity index (χ2n) is 7.72. The van der Waals surface area contributed by atoms with Crippen LogP contribution in [0.3, 0.4) is 0 Å². The van der Waals surface area contributed by atoms with Crippen LogP contribution in [0.2, 0.25) is 0 Å². The van der Waals surface area contributed by atoms with Gasteiger partial charge in [0, 0.05) is 25.7 Å². The summed E-state index contributed by atoms with van der Waals surface area (Å²) in [5, 5.41) is 27.2. The van der Waals surface area contributed by atoms with Crippen molar-refractivity contribution < 1.29 is 19.5 Å². The zero-order chi connectivity index (χ0) is 21.4. The lowest BCUT2D eigenvalue weighted by Crippen LogP contribution is -2.26. The molecule has 3 aromatic rings. The molecule has 1 aromatic heterocycles. The zero-order valence-electron chi connectivity index (χ0n) is 17.3. The van der Waals surface area contributed by atoms with E-state index in [9.17, 15) is 15.0 Å². The average Bonchev–Trinajstić information content (AvgIpc) is 3.15. The number of amides is 1. The number of likely N-dealkylation sites (N-methyl/N-ethyl adjacent to an activating group) is 1. The molecule has 1 aliphatic rings. The van der Waals surface area contributed by atoms with E-state index in [-0.39, 0.29) is 23.1 Å². The van der Waals surface area contributed by atoms with E-state index in [0.717, 1.165) is 25.1 Å². The number of rotatable bonds is 4. The fourth-order valence-corrected chi connectivity index (χ4v) is 3.86. The highest BCUT2D eigenvalue weighted by atomic mass is 16.5. The van der Waals surface area contributed by atoms with Crippen molar-refractivity contribution in [1.29, 1.82) is 0 Å². The molecule has 1 amide bonds. The third-order valence-corrected chi connectivity index (χ3v) is 5.50. The molecular weight excluding hydrogens is 382 g/mol. The lowest BCUT2D eigenvalue weighted by molar-refractivity contribution is 0.0947. The number of carbonyl (C=O) groups is 1. The Kier molecular flexibility index (Phi) is 5.22. The predicted molar refractivity (Wildman–Crippen MR) is 113 cm³/mol. The van der Waals surface area contributed by atoms with E-state index in [4.69, 9.17) is 4.52 Å². The topological polar surface area (TPSA) is 98.8 Å². The molecule has 7 heteroatoms. The van der Waals surface area contributed by atoms with E-state index in [2.05, 4.69) is 34.6 Å². The van der Waals surface area contributed by atoms with Gasteiger partial charge in [0.2, 0.25) is 0 Å². The second-order valence-corrected chi connectivity index (χ2v) is 7.72. The summed E-state index contributed by atoms with van der Waals surface area (Å²) in [5.74, 6) is -0.198. The molecule has 2 aromatic carbocycles. The van der Waals surface area contributed by atoms with Crippen LogP contribution in [0.5, 0.6) is 11.5 Å². The minimum Gasteiger partial charge on any atom is -0.508 e. The van der Waals surface area contributed by atoms with Crippen LogP contribution in [0, 0.1) is 6.92 Å². The van der Waals surface area contributed by atoms with Crippen LogP contribution in [-0.4, -0.2) is 46.3 Å². The number of nitrogens with one attached hydrogen (secondary N) is 1. The molecule has 0 saturated heterocycles. The molecule has 0 saturated carbocycles. The Hall–Kier alpha value is -3.32. The summed E-state index contributed by atoms with van der Waals surface area (Å²) in [6.45, 7) is 5.87. The number of phenolic OH excluding ortho intramolecular Hbond substituents is 2. The first kappa shape index (κ1) is 20.0. The first-order chi connectivity index (χ1) is 14.4. The minimum atomic E-state index is -0.338. The maximum Gasteiger partial charge on any atom is 0.274 e. The van der Waals surface area contributed by atoms with Crippen LogP contribution >= 0.6 is 0 Å². The Balaban J connectivity index is 1.90. The van der Waals surface area contributed by atoms with Crippen LogP contribution in [0.15, 0.2) is 34.9 Å². The van der Waals surface area contributed by atoms with Gasteiger partial charge in [-0.15, -0.1) is 0 Å². The smallest absolute Gasteiger partial charge is 0.274 e. The lowest BCUT2D eigenvalue weighted by atomic mass is 9.92. The highest BCUT2D eigenvalue weighted by molar-refractivity contribution is 6.02. The van der Waals surface area contributed by atoms with Crippen molar-refractivity contribution in [3.8, 4) is 33.9 Å². The molecule has 30 heavy (non-hydrogen) atoms. The molecule has 0 fully saturated rings. The van der Waals surface area contributed by atoms with Crippen molar-refractivity contribution in [3.05, 3.63) is 52.7 Å². The van der Waals surface area contributed by atoms with Crippen molar-refractivity contribution in [3.63, 3.8) is 0 Å².